The molecule has 1 N–H and O–H groups in total. The number of para-hydroxylation sites is 1. The first-order valence-corrected chi connectivity index (χ1v) is 7.24. The van der Waals surface area contributed by atoms with E-state index >= 15 is 0 Å². The molecule has 108 valence electrons. The second kappa shape index (κ2) is 4.62. The van der Waals surface area contributed by atoms with Crippen molar-refractivity contribution in [3.63, 3.8) is 0 Å². The zero-order chi connectivity index (χ0) is 14.4. The van der Waals surface area contributed by atoms with Gasteiger partial charge in [-0.05, 0) is 31.4 Å². The first-order valence-electron chi connectivity index (χ1n) is 7.24. The predicted molar refractivity (Wildman–Crippen MR) is 76.4 cm³/mol. The number of carbonyl (C=O) groups excluding carboxylic acids is 1. The Morgan fingerprint density at radius 1 is 1.33 bits per heavy atom. The SMILES string of the molecule is Cc1noc(C2CC2)c1NC(=O)[C@@H]1Cc2ccccc2O1. The molecular formula is C16H16N2O3. The van der Waals surface area contributed by atoms with E-state index in [1.165, 1.54) is 0 Å². The molecule has 21 heavy (non-hydrogen) atoms. The second-order valence-corrected chi connectivity index (χ2v) is 5.69. The maximum Gasteiger partial charge on any atom is 0.265 e. The molecule has 1 aliphatic heterocycles. The van der Waals surface area contributed by atoms with Gasteiger partial charge in [-0.15, -0.1) is 0 Å². The summed E-state index contributed by atoms with van der Waals surface area (Å²) >= 11 is 0. The number of anilines is 1. The standard InChI is InChI=1S/C16H16N2O3/c1-9-14(15(21-18-9)10-6-7-10)17-16(19)13-8-11-4-2-3-5-12(11)20-13/h2-5,10,13H,6-8H2,1H3,(H,17,19)/t13-/m0/s1. The lowest BCUT2D eigenvalue weighted by atomic mass is 10.1. The summed E-state index contributed by atoms with van der Waals surface area (Å²) in [5.74, 6) is 1.86. The van der Waals surface area contributed by atoms with Crippen LogP contribution in [0.3, 0.4) is 0 Å². The minimum absolute atomic E-state index is 0.139. The summed E-state index contributed by atoms with van der Waals surface area (Å²) in [6.45, 7) is 1.84. The number of aryl methyl sites for hydroxylation is 1. The lowest BCUT2D eigenvalue weighted by Crippen LogP contribution is -2.31. The first-order chi connectivity index (χ1) is 10.2. The van der Waals surface area contributed by atoms with Crippen LogP contribution in [0.25, 0.3) is 0 Å². The molecule has 1 aliphatic carbocycles. The quantitative estimate of drug-likeness (QED) is 0.941. The van der Waals surface area contributed by atoms with E-state index in [0.29, 0.717) is 12.3 Å². The van der Waals surface area contributed by atoms with Crippen LogP contribution in [0.1, 0.15) is 35.8 Å². The number of rotatable bonds is 3. The fourth-order valence-corrected chi connectivity index (χ4v) is 2.70. The molecule has 1 aromatic heterocycles. The van der Waals surface area contributed by atoms with Crippen molar-refractivity contribution in [3.05, 3.63) is 41.3 Å². The van der Waals surface area contributed by atoms with Crippen molar-refractivity contribution in [1.82, 2.24) is 5.16 Å². The van der Waals surface area contributed by atoms with Gasteiger partial charge in [-0.3, -0.25) is 4.79 Å². The van der Waals surface area contributed by atoms with Crippen molar-refractivity contribution in [1.29, 1.82) is 0 Å². The van der Waals surface area contributed by atoms with Crippen molar-refractivity contribution in [2.75, 3.05) is 5.32 Å². The van der Waals surface area contributed by atoms with Gasteiger partial charge >= 0.3 is 0 Å². The molecule has 0 spiro atoms. The first kappa shape index (κ1) is 12.4. The largest absolute Gasteiger partial charge is 0.480 e. The monoisotopic (exact) mass is 284 g/mol. The van der Waals surface area contributed by atoms with Crippen LogP contribution in [-0.2, 0) is 11.2 Å². The van der Waals surface area contributed by atoms with Gasteiger partial charge in [0.25, 0.3) is 5.91 Å². The molecule has 4 rings (SSSR count). The Morgan fingerprint density at radius 2 is 2.14 bits per heavy atom. The van der Waals surface area contributed by atoms with Gasteiger partial charge in [0.15, 0.2) is 11.9 Å². The van der Waals surface area contributed by atoms with Gasteiger partial charge in [0, 0.05) is 12.3 Å². The van der Waals surface area contributed by atoms with E-state index in [2.05, 4.69) is 10.5 Å². The lowest BCUT2D eigenvalue weighted by Gasteiger charge is -2.11. The normalized spacial score (nSPS) is 20.0. The maximum absolute atomic E-state index is 12.4. The molecular weight excluding hydrogens is 268 g/mol. The number of hydrogen-bond acceptors (Lipinski definition) is 4. The average molecular weight is 284 g/mol. The molecule has 2 heterocycles. The van der Waals surface area contributed by atoms with Crippen LogP contribution < -0.4 is 10.1 Å². The fraction of sp³-hybridized carbons (Fsp3) is 0.375. The van der Waals surface area contributed by atoms with Gasteiger partial charge in [-0.1, -0.05) is 23.4 Å². The van der Waals surface area contributed by atoms with Crippen LogP contribution in [0.4, 0.5) is 5.69 Å². The van der Waals surface area contributed by atoms with Crippen molar-refractivity contribution in [2.24, 2.45) is 0 Å². The van der Waals surface area contributed by atoms with Gasteiger partial charge in [0.05, 0.1) is 0 Å². The molecule has 2 aromatic rings. The molecule has 1 saturated carbocycles. The molecule has 0 unspecified atom stereocenters. The van der Waals surface area contributed by atoms with E-state index < -0.39 is 6.10 Å². The molecule has 1 aromatic carbocycles. The minimum atomic E-state index is -0.483. The third kappa shape index (κ3) is 2.18. The Bertz CT molecular complexity index is 678. The summed E-state index contributed by atoms with van der Waals surface area (Å²) in [5, 5.41) is 6.90. The van der Waals surface area contributed by atoms with Crippen molar-refractivity contribution < 1.29 is 14.1 Å². The Hall–Kier alpha value is -2.30. The highest BCUT2D eigenvalue weighted by molar-refractivity contribution is 5.96. The zero-order valence-electron chi connectivity index (χ0n) is 11.8. The van der Waals surface area contributed by atoms with E-state index in [1.807, 2.05) is 31.2 Å². The Labute approximate surface area is 122 Å². The third-order valence-corrected chi connectivity index (χ3v) is 4.03. The van der Waals surface area contributed by atoms with E-state index in [4.69, 9.17) is 9.26 Å². The van der Waals surface area contributed by atoms with E-state index in [9.17, 15) is 4.79 Å². The number of nitrogens with zero attached hydrogens (tertiary/aromatic N) is 1. The van der Waals surface area contributed by atoms with Crippen molar-refractivity contribution in [3.8, 4) is 5.75 Å². The minimum Gasteiger partial charge on any atom is -0.480 e. The predicted octanol–water partition coefficient (Wildman–Crippen LogP) is 2.80. The van der Waals surface area contributed by atoms with Gasteiger partial charge in [-0.2, -0.15) is 0 Å². The Kier molecular flexibility index (Phi) is 2.74. The van der Waals surface area contributed by atoms with Crippen molar-refractivity contribution in [2.45, 2.75) is 38.2 Å². The number of aromatic nitrogens is 1. The third-order valence-electron chi connectivity index (χ3n) is 4.03. The van der Waals surface area contributed by atoms with E-state index in [1.54, 1.807) is 0 Å². The number of carbonyl (C=O) groups is 1. The summed E-state index contributed by atoms with van der Waals surface area (Å²) in [7, 11) is 0. The lowest BCUT2D eigenvalue weighted by molar-refractivity contribution is -0.122. The van der Waals surface area contributed by atoms with E-state index in [0.717, 1.165) is 41.3 Å². The highest BCUT2D eigenvalue weighted by Gasteiger charge is 2.34. The summed E-state index contributed by atoms with van der Waals surface area (Å²) in [4.78, 5) is 12.4. The van der Waals surface area contributed by atoms with Gasteiger partial charge in [0.1, 0.15) is 17.1 Å². The second-order valence-electron chi connectivity index (χ2n) is 5.69. The van der Waals surface area contributed by atoms with Crippen molar-refractivity contribution >= 4 is 11.6 Å². The molecule has 1 amide bonds. The fourth-order valence-electron chi connectivity index (χ4n) is 2.70. The smallest absolute Gasteiger partial charge is 0.265 e. The zero-order valence-corrected chi connectivity index (χ0v) is 11.8. The Morgan fingerprint density at radius 3 is 2.90 bits per heavy atom. The topological polar surface area (TPSA) is 64.4 Å². The van der Waals surface area contributed by atoms with Crippen LogP contribution in [0.15, 0.2) is 28.8 Å². The molecule has 0 bridgehead atoms. The van der Waals surface area contributed by atoms with Gasteiger partial charge in [-0.25, -0.2) is 0 Å². The number of benzene rings is 1. The number of fused-ring (bicyclic) bond motifs is 1. The van der Waals surface area contributed by atoms with Crippen LogP contribution >= 0.6 is 0 Å². The van der Waals surface area contributed by atoms with Gasteiger partial charge in [0.2, 0.25) is 0 Å². The summed E-state index contributed by atoms with van der Waals surface area (Å²) in [5.41, 5.74) is 2.52. The molecule has 2 aliphatic rings. The summed E-state index contributed by atoms with van der Waals surface area (Å²) in [6, 6.07) is 7.75. The number of amides is 1. The number of nitrogens with one attached hydrogen (secondary N) is 1. The summed E-state index contributed by atoms with van der Waals surface area (Å²) in [6.07, 6.45) is 2.32. The van der Waals surface area contributed by atoms with Crippen LogP contribution in [-0.4, -0.2) is 17.2 Å². The molecule has 5 heteroatoms. The highest BCUT2D eigenvalue weighted by Crippen LogP contribution is 2.44. The Balaban J connectivity index is 1.51. The molecule has 1 atom stereocenters. The molecule has 5 nitrogen and oxygen atoms in total. The van der Waals surface area contributed by atoms with Gasteiger partial charge < -0.3 is 14.6 Å². The van der Waals surface area contributed by atoms with Crippen LogP contribution in [0, 0.1) is 6.92 Å². The van der Waals surface area contributed by atoms with Crippen LogP contribution in [0.2, 0.25) is 0 Å². The highest BCUT2D eigenvalue weighted by atomic mass is 16.5. The van der Waals surface area contributed by atoms with Crippen LogP contribution in [0.5, 0.6) is 5.75 Å². The molecule has 0 radical (unpaired) electrons. The number of hydrogen-bond donors (Lipinski definition) is 1. The molecule has 1 fully saturated rings. The molecule has 0 saturated heterocycles. The van der Waals surface area contributed by atoms with E-state index in [-0.39, 0.29) is 5.91 Å². The maximum atomic E-state index is 12.4. The average Bonchev–Trinajstić information content (AvgIpc) is 3.13. The number of ether oxygens (including phenoxy) is 1. The summed E-state index contributed by atoms with van der Waals surface area (Å²) < 4.78 is 11.0.